The molecule has 0 bridgehead atoms. The molecule has 34 heavy (non-hydrogen) atoms. The van der Waals surface area contributed by atoms with Gasteiger partial charge in [0.05, 0.1) is 18.3 Å². The van der Waals surface area contributed by atoms with E-state index in [1.807, 2.05) is 19.1 Å². The first kappa shape index (κ1) is 24.5. The van der Waals surface area contributed by atoms with E-state index in [-0.39, 0.29) is 17.7 Å². The highest BCUT2D eigenvalue weighted by Crippen LogP contribution is 2.37. The fourth-order valence-electron chi connectivity index (χ4n) is 4.47. The van der Waals surface area contributed by atoms with Crippen molar-refractivity contribution in [3.8, 4) is 11.1 Å². The molecular weight excluding hydrogens is 467 g/mol. The third-order valence-corrected chi connectivity index (χ3v) is 7.89. The van der Waals surface area contributed by atoms with Crippen LogP contribution < -0.4 is 4.72 Å². The molecule has 0 spiro atoms. The van der Waals surface area contributed by atoms with Crippen molar-refractivity contribution in [1.82, 2.24) is 14.5 Å². The number of amides is 2. The normalized spacial score (nSPS) is 22.0. The van der Waals surface area contributed by atoms with Gasteiger partial charge >= 0.3 is 6.03 Å². The van der Waals surface area contributed by atoms with Crippen molar-refractivity contribution in [2.24, 2.45) is 0 Å². The highest BCUT2D eigenvalue weighted by molar-refractivity contribution is 7.89. The van der Waals surface area contributed by atoms with Crippen molar-refractivity contribution >= 4 is 16.1 Å². The minimum atomic E-state index is -4.00. The van der Waals surface area contributed by atoms with Gasteiger partial charge in [-0.05, 0) is 37.8 Å². The molecule has 2 heterocycles. The Bertz CT molecular complexity index is 1180. The molecule has 2 aromatic carbocycles. The lowest BCUT2D eigenvalue weighted by molar-refractivity contribution is -0.00560. The lowest BCUT2D eigenvalue weighted by Crippen LogP contribution is -2.55. The number of likely N-dealkylation sites (tertiary alicyclic amines) is 2. The number of aryl methyl sites for hydroxylation is 1. The average molecular weight is 496 g/mol. The van der Waals surface area contributed by atoms with Crippen LogP contribution in [0.1, 0.15) is 24.5 Å². The van der Waals surface area contributed by atoms with Gasteiger partial charge in [-0.2, -0.15) is 0 Å². The van der Waals surface area contributed by atoms with E-state index < -0.39 is 46.4 Å². The predicted molar refractivity (Wildman–Crippen MR) is 124 cm³/mol. The van der Waals surface area contributed by atoms with Gasteiger partial charge < -0.3 is 9.80 Å². The summed E-state index contributed by atoms with van der Waals surface area (Å²) >= 11 is 0. The summed E-state index contributed by atoms with van der Waals surface area (Å²) in [6.07, 6.45) is 0.525. The Balaban J connectivity index is 1.72. The fourth-order valence-corrected chi connectivity index (χ4v) is 5.35. The molecule has 0 aromatic heterocycles. The Morgan fingerprint density at radius 3 is 2.50 bits per heavy atom. The van der Waals surface area contributed by atoms with Crippen LogP contribution in [0.15, 0.2) is 42.5 Å². The van der Waals surface area contributed by atoms with E-state index in [0.29, 0.717) is 24.2 Å². The van der Waals surface area contributed by atoms with Gasteiger partial charge in [0.2, 0.25) is 10.0 Å². The number of hydrogen-bond donors (Lipinski definition) is 1. The van der Waals surface area contributed by atoms with Crippen LogP contribution in [0.3, 0.4) is 0 Å². The maximum Gasteiger partial charge on any atom is 0.320 e. The van der Waals surface area contributed by atoms with Crippen molar-refractivity contribution in [3.05, 3.63) is 59.4 Å². The van der Waals surface area contributed by atoms with Gasteiger partial charge in [0.25, 0.3) is 5.92 Å². The van der Waals surface area contributed by atoms with E-state index in [9.17, 15) is 13.2 Å². The molecule has 2 aliphatic rings. The van der Waals surface area contributed by atoms with Gasteiger partial charge in [-0.1, -0.05) is 48.0 Å². The summed E-state index contributed by atoms with van der Waals surface area (Å²) in [6.45, 7) is 3.21. The second kappa shape index (κ2) is 9.22. The monoisotopic (exact) mass is 495 g/mol. The maximum absolute atomic E-state index is 15.6. The number of benzene rings is 2. The van der Waals surface area contributed by atoms with Crippen molar-refractivity contribution in [2.45, 2.75) is 44.7 Å². The van der Waals surface area contributed by atoms with E-state index in [1.165, 1.54) is 17.9 Å². The summed E-state index contributed by atoms with van der Waals surface area (Å²) in [4.78, 5) is 15.4. The first-order valence-electron chi connectivity index (χ1n) is 11.3. The van der Waals surface area contributed by atoms with E-state index in [0.717, 1.165) is 16.9 Å². The lowest BCUT2D eigenvalue weighted by Gasteiger charge is -2.37. The van der Waals surface area contributed by atoms with Crippen LogP contribution in [-0.4, -0.2) is 67.6 Å². The van der Waals surface area contributed by atoms with Crippen molar-refractivity contribution < 1.29 is 26.4 Å². The molecule has 10 heteroatoms. The Hall–Kier alpha value is -2.59. The molecule has 4 rings (SSSR count). The van der Waals surface area contributed by atoms with Crippen molar-refractivity contribution in [2.75, 3.05) is 25.4 Å². The third kappa shape index (κ3) is 4.79. The largest absolute Gasteiger partial charge is 0.325 e. The smallest absolute Gasteiger partial charge is 0.320 e. The number of alkyl halides is 2. The van der Waals surface area contributed by atoms with Crippen LogP contribution >= 0.6 is 0 Å². The summed E-state index contributed by atoms with van der Waals surface area (Å²) in [7, 11) is -4.00. The molecule has 0 radical (unpaired) electrons. The number of nitrogens with zero attached hydrogens (tertiary/aromatic N) is 2. The number of halogens is 3. The zero-order chi connectivity index (χ0) is 24.7. The van der Waals surface area contributed by atoms with Crippen LogP contribution in [0, 0.1) is 12.7 Å². The van der Waals surface area contributed by atoms with Gasteiger partial charge in [0, 0.05) is 18.7 Å². The minimum absolute atomic E-state index is 0.142. The molecule has 2 aromatic rings. The lowest BCUT2D eigenvalue weighted by atomic mass is 9.95. The van der Waals surface area contributed by atoms with Crippen LogP contribution in [0.4, 0.5) is 18.0 Å². The number of urea groups is 1. The SMILES string of the molecule is CCS(=O)(=O)N[C@@H]1[C@H](Cc2cccc(-c3cccc(C)c3)c2F)N(C(=O)N2CCC2)CC1(F)F. The average Bonchev–Trinajstić information content (AvgIpc) is 2.98. The molecule has 2 amide bonds. The van der Waals surface area contributed by atoms with Crippen LogP contribution in [-0.2, 0) is 16.4 Å². The molecule has 0 saturated carbocycles. The minimum Gasteiger partial charge on any atom is -0.325 e. The van der Waals surface area contributed by atoms with E-state index in [1.54, 1.807) is 24.3 Å². The van der Waals surface area contributed by atoms with Crippen LogP contribution in [0.25, 0.3) is 11.1 Å². The molecule has 0 aliphatic carbocycles. The standard InChI is InChI=1S/C24H28F3N3O3S/c1-3-34(32,33)28-22-20(30(15-24(22,26)27)23(31)29-11-6-12-29)14-18-9-5-10-19(21(18)25)17-8-4-7-16(2)13-17/h4-5,7-10,13,20,22,28H,3,6,11-12,14-15H2,1-2H3/t20-,22+/m0/s1. The number of sulfonamides is 1. The molecule has 2 fully saturated rings. The second-order valence-electron chi connectivity index (χ2n) is 8.93. The number of carbonyl (C=O) groups is 1. The first-order chi connectivity index (χ1) is 16.0. The Morgan fingerprint density at radius 2 is 1.88 bits per heavy atom. The Morgan fingerprint density at radius 1 is 1.18 bits per heavy atom. The number of hydrogen-bond acceptors (Lipinski definition) is 3. The highest BCUT2D eigenvalue weighted by Gasteiger charge is 2.57. The molecule has 1 N–H and O–H groups in total. The predicted octanol–water partition coefficient (Wildman–Crippen LogP) is 3.80. The number of rotatable bonds is 6. The van der Waals surface area contributed by atoms with Gasteiger partial charge in [0.1, 0.15) is 11.9 Å². The summed E-state index contributed by atoms with van der Waals surface area (Å²) in [5, 5.41) is 0. The molecule has 6 nitrogen and oxygen atoms in total. The van der Waals surface area contributed by atoms with E-state index in [2.05, 4.69) is 4.72 Å². The molecule has 184 valence electrons. The fraction of sp³-hybridized carbons (Fsp3) is 0.458. The van der Waals surface area contributed by atoms with Gasteiger partial charge in [-0.15, -0.1) is 0 Å². The molecule has 2 atom stereocenters. The Kier molecular flexibility index (Phi) is 6.65. The molecule has 2 aliphatic heterocycles. The summed E-state index contributed by atoms with van der Waals surface area (Å²) in [5.74, 6) is -4.46. The molecule has 2 saturated heterocycles. The van der Waals surface area contributed by atoms with Gasteiger partial charge in [0.15, 0.2) is 0 Å². The second-order valence-corrected chi connectivity index (χ2v) is 11.0. The Labute approximate surface area is 197 Å². The third-order valence-electron chi connectivity index (χ3n) is 6.52. The van der Waals surface area contributed by atoms with Gasteiger partial charge in [-0.25, -0.2) is 31.1 Å². The van der Waals surface area contributed by atoms with Crippen molar-refractivity contribution in [3.63, 3.8) is 0 Å². The highest BCUT2D eigenvalue weighted by atomic mass is 32.2. The zero-order valence-corrected chi connectivity index (χ0v) is 19.9. The number of carbonyl (C=O) groups excluding carboxylic acids is 1. The number of nitrogens with one attached hydrogen (secondary N) is 1. The summed E-state index contributed by atoms with van der Waals surface area (Å²) in [5.41, 5.74) is 2.05. The van der Waals surface area contributed by atoms with Gasteiger partial charge in [-0.3, -0.25) is 0 Å². The van der Waals surface area contributed by atoms with Crippen molar-refractivity contribution in [1.29, 1.82) is 0 Å². The molecule has 0 unspecified atom stereocenters. The van der Waals surface area contributed by atoms with E-state index >= 15 is 13.2 Å². The quantitative estimate of drug-likeness (QED) is 0.663. The first-order valence-corrected chi connectivity index (χ1v) is 13.0. The molecular formula is C24H28F3N3O3S. The van der Waals surface area contributed by atoms with E-state index in [4.69, 9.17) is 0 Å². The van der Waals surface area contributed by atoms with Crippen LogP contribution in [0.5, 0.6) is 0 Å². The zero-order valence-electron chi connectivity index (χ0n) is 19.1. The summed E-state index contributed by atoms with van der Waals surface area (Å²) < 4.78 is 72.3. The topological polar surface area (TPSA) is 69.7 Å². The maximum atomic E-state index is 15.6. The summed E-state index contributed by atoms with van der Waals surface area (Å²) in [6, 6.07) is 8.32. The van der Waals surface area contributed by atoms with Crippen LogP contribution in [0.2, 0.25) is 0 Å².